The van der Waals surface area contributed by atoms with Gasteiger partial charge in [0.1, 0.15) is 28.5 Å². The first kappa shape index (κ1) is 26.1. The minimum Gasteiger partial charge on any atom is -0.480 e. The smallest absolute Gasteiger partial charge is 0.248 e. The first-order chi connectivity index (χ1) is 17.0. The molecule has 1 N–H and O–H groups in total. The molecular formula is C24H30F2N6O3S. The number of hydrogen-bond donors (Lipinski definition) is 1. The van der Waals surface area contributed by atoms with Gasteiger partial charge in [0.25, 0.3) is 0 Å². The zero-order valence-electron chi connectivity index (χ0n) is 20.9. The van der Waals surface area contributed by atoms with E-state index in [0.717, 1.165) is 0 Å². The molecule has 3 heterocycles. The Morgan fingerprint density at radius 2 is 1.75 bits per heavy atom. The number of aryl methyl sites for hydroxylation is 1. The third-order valence-corrected chi connectivity index (χ3v) is 8.20. The molecule has 1 fully saturated rings. The van der Waals surface area contributed by atoms with Crippen LogP contribution in [-0.4, -0.2) is 72.9 Å². The Morgan fingerprint density at radius 3 is 2.39 bits per heavy atom. The summed E-state index contributed by atoms with van der Waals surface area (Å²) in [7, 11) is -0.621. The lowest BCUT2D eigenvalue weighted by Gasteiger charge is -2.31. The first-order valence-corrected chi connectivity index (χ1v) is 13.1. The molecule has 1 aliphatic rings. The summed E-state index contributed by atoms with van der Waals surface area (Å²) in [6.07, 6.45) is -1.46. The Bertz CT molecular complexity index is 1380. The Morgan fingerprint density at radius 1 is 1.08 bits per heavy atom. The second kappa shape index (κ2) is 10.2. The summed E-state index contributed by atoms with van der Waals surface area (Å²) in [6.45, 7) is 6.57. The number of piperazine rings is 1. The van der Waals surface area contributed by atoms with Gasteiger partial charge in [0.15, 0.2) is 5.65 Å². The molecule has 1 aromatic carbocycles. The monoisotopic (exact) mass is 520 g/mol. The van der Waals surface area contributed by atoms with E-state index in [4.69, 9.17) is 4.74 Å². The van der Waals surface area contributed by atoms with Crippen LogP contribution >= 0.6 is 0 Å². The van der Waals surface area contributed by atoms with E-state index in [1.54, 1.807) is 26.0 Å². The molecule has 0 bridgehead atoms. The number of likely N-dealkylation sites (N-methyl/N-ethyl adjacent to an activating group) is 1. The summed E-state index contributed by atoms with van der Waals surface area (Å²) in [5.41, 5.74) is 0.461. The number of aromatic nitrogens is 3. The highest BCUT2D eigenvalue weighted by Gasteiger charge is 2.32. The minimum absolute atomic E-state index is 0.0307. The lowest BCUT2D eigenvalue weighted by Crippen LogP contribution is -2.47. The third kappa shape index (κ3) is 4.97. The van der Waals surface area contributed by atoms with Crippen LogP contribution < -0.4 is 10.1 Å². The average Bonchev–Trinajstić information content (AvgIpc) is 2.83. The molecule has 0 amide bonds. The first-order valence-electron chi connectivity index (χ1n) is 11.6. The molecule has 1 unspecified atom stereocenters. The van der Waals surface area contributed by atoms with E-state index in [2.05, 4.69) is 25.2 Å². The number of hydrogen-bond acceptors (Lipinski definition) is 8. The molecule has 1 aliphatic heterocycles. The number of nitrogens with zero attached hydrogens (tertiary/aromatic N) is 5. The molecule has 0 aliphatic carbocycles. The number of alkyl halides is 1. The van der Waals surface area contributed by atoms with Gasteiger partial charge in [0, 0.05) is 37.3 Å². The SMILES string of the molecule is COc1nc2nc(C)nc(N[C@H](C)c3cccc(C(C)F)c3F)c2cc1S(=O)(=O)N1CCN(C)CC1. The maximum atomic E-state index is 15.0. The summed E-state index contributed by atoms with van der Waals surface area (Å²) in [6, 6.07) is 5.41. The zero-order chi connectivity index (χ0) is 26.2. The molecule has 2 atom stereocenters. The van der Waals surface area contributed by atoms with Crippen LogP contribution in [0.2, 0.25) is 0 Å². The number of rotatable bonds is 7. The second-order valence-corrected chi connectivity index (χ2v) is 10.8. The van der Waals surface area contributed by atoms with Crippen molar-refractivity contribution in [2.75, 3.05) is 45.7 Å². The van der Waals surface area contributed by atoms with Gasteiger partial charge in [-0.3, -0.25) is 0 Å². The Hall–Kier alpha value is -2.96. The van der Waals surface area contributed by atoms with Gasteiger partial charge in [-0.15, -0.1) is 0 Å². The van der Waals surface area contributed by atoms with E-state index in [1.165, 1.54) is 30.5 Å². The molecule has 9 nitrogen and oxygen atoms in total. The van der Waals surface area contributed by atoms with Gasteiger partial charge in [0.2, 0.25) is 15.9 Å². The maximum absolute atomic E-state index is 15.0. The highest BCUT2D eigenvalue weighted by molar-refractivity contribution is 7.89. The fourth-order valence-corrected chi connectivity index (χ4v) is 5.77. The van der Waals surface area contributed by atoms with Crippen molar-refractivity contribution in [3.05, 3.63) is 47.0 Å². The highest BCUT2D eigenvalue weighted by Crippen LogP contribution is 2.33. The van der Waals surface area contributed by atoms with Crippen LogP contribution in [0.5, 0.6) is 5.88 Å². The van der Waals surface area contributed by atoms with Gasteiger partial charge in [-0.1, -0.05) is 18.2 Å². The van der Waals surface area contributed by atoms with Crippen LogP contribution in [0.4, 0.5) is 14.6 Å². The normalized spacial score (nSPS) is 17.2. The Kier molecular flexibility index (Phi) is 7.39. The van der Waals surface area contributed by atoms with Gasteiger partial charge in [-0.05, 0) is 33.9 Å². The van der Waals surface area contributed by atoms with Crippen molar-refractivity contribution >= 4 is 26.9 Å². The lowest BCUT2D eigenvalue weighted by atomic mass is 10.0. The number of anilines is 1. The molecule has 2 aromatic heterocycles. The minimum atomic E-state index is -3.91. The molecule has 4 rings (SSSR count). The molecule has 0 saturated carbocycles. The summed E-state index contributed by atoms with van der Waals surface area (Å²) in [5.74, 6) is -0.0315. The molecule has 0 radical (unpaired) electrons. The topological polar surface area (TPSA) is 101 Å². The van der Waals surface area contributed by atoms with Gasteiger partial charge in [-0.25, -0.2) is 27.2 Å². The number of halogens is 2. The molecule has 12 heteroatoms. The number of nitrogens with one attached hydrogen (secondary N) is 1. The number of fused-ring (bicyclic) bond motifs is 1. The summed E-state index contributed by atoms with van der Waals surface area (Å²) < 4.78 is 62.7. The molecule has 194 valence electrons. The molecule has 36 heavy (non-hydrogen) atoms. The van der Waals surface area contributed by atoms with Gasteiger partial charge < -0.3 is 15.0 Å². The second-order valence-electron chi connectivity index (χ2n) is 8.93. The Balaban J connectivity index is 1.79. The van der Waals surface area contributed by atoms with Crippen LogP contribution in [0.1, 0.15) is 43.0 Å². The Labute approximate surface area is 209 Å². The van der Waals surface area contributed by atoms with E-state index in [9.17, 15) is 17.2 Å². The standard InChI is InChI=1S/C24H30F2N6O3S/c1-14(25)17-7-6-8-18(21(17)26)15(2)27-22-19-13-20(24(35-5)30-23(19)29-16(3)28-22)36(33,34)32-11-9-31(4)10-12-32/h6-8,13-15H,9-12H2,1-5H3,(H,27,28,29,30)/t14?,15-/m1/s1. The van der Waals surface area contributed by atoms with Gasteiger partial charge in [-0.2, -0.15) is 9.29 Å². The van der Waals surface area contributed by atoms with Crippen LogP contribution in [0.3, 0.4) is 0 Å². The third-order valence-electron chi connectivity index (χ3n) is 6.31. The van der Waals surface area contributed by atoms with Crippen molar-refractivity contribution < 1.29 is 21.9 Å². The van der Waals surface area contributed by atoms with Gasteiger partial charge >= 0.3 is 0 Å². The summed E-state index contributed by atoms with van der Waals surface area (Å²) >= 11 is 0. The van der Waals surface area contributed by atoms with E-state index in [1.807, 2.05) is 7.05 Å². The average molecular weight is 521 g/mol. The predicted octanol–water partition coefficient (Wildman–Crippen LogP) is 3.62. The highest BCUT2D eigenvalue weighted by atomic mass is 32.2. The van der Waals surface area contributed by atoms with Gasteiger partial charge in [0.05, 0.1) is 18.5 Å². The number of sulfonamides is 1. The number of methoxy groups -OCH3 is 1. The van der Waals surface area contributed by atoms with E-state index < -0.39 is 28.1 Å². The van der Waals surface area contributed by atoms with E-state index in [-0.39, 0.29) is 33.4 Å². The van der Waals surface area contributed by atoms with Crippen LogP contribution in [-0.2, 0) is 10.0 Å². The van der Waals surface area contributed by atoms with Crippen molar-refractivity contribution in [1.29, 1.82) is 0 Å². The quantitative estimate of drug-likeness (QED) is 0.504. The molecular weight excluding hydrogens is 490 g/mol. The van der Waals surface area contributed by atoms with Crippen molar-refractivity contribution in [1.82, 2.24) is 24.2 Å². The summed E-state index contributed by atoms with van der Waals surface area (Å²) in [5, 5.41) is 3.48. The van der Waals surface area contributed by atoms with Crippen molar-refractivity contribution in [3.8, 4) is 5.88 Å². The zero-order valence-corrected chi connectivity index (χ0v) is 21.7. The molecule has 1 saturated heterocycles. The molecule has 3 aromatic rings. The van der Waals surface area contributed by atoms with E-state index >= 15 is 0 Å². The molecule has 0 spiro atoms. The maximum Gasteiger partial charge on any atom is 0.248 e. The van der Waals surface area contributed by atoms with Crippen molar-refractivity contribution in [2.24, 2.45) is 0 Å². The number of pyridine rings is 1. The fraction of sp³-hybridized carbons (Fsp3) is 0.458. The number of benzene rings is 1. The van der Waals surface area contributed by atoms with Crippen LogP contribution in [0, 0.1) is 12.7 Å². The fourth-order valence-electron chi connectivity index (χ4n) is 4.23. The van der Waals surface area contributed by atoms with E-state index in [0.29, 0.717) is 37.4 Å². The van der Waals surface area contributed by atoms with Crippen LogP contribution in [0.15, 0.2) is 29.2 Å². The van der Waals surface area contributed by atoms with Crippen LogP contribution in [0.25, 0.3) is 11.0 Å². The largest absolute Gasteiger partial charge is 0.480 e. The van der Waals surface area contributed by atoms with Crippen molar-refractivity contribution in [3.63, 3.8) is 0 Å². The lowest BCUT2D eigenvalue weighted by molar-refractivity contribution is 0.222. The summed E-state index contributed by atoms with van der Waals surface area (Å²) in [4.78, 5) is 15.1. The number of ether oxygens (including phenoxy) is 1. The predicted molar refractivity (Wildman–Crippen MR) is 133 cm³/mol. The van der Waals surface area contributed by atoms with Crippen molar-refractivity contribution in [2.45, 2.75) is 37.9 Å².